The number of aromatic nitrogens is 2. The van der Waals surface area contributed by atoms with Gasteiger partial charge in [0.2, 0.25) is 11.8 Å². The molecule has 0 saturated heterocycles. The Hall–Kier alpha value is -1.89. The number of nitrogens with zero attached hydrogens (tertiary/aromatic N) is 2. The van der Waals surface area contributed by atoms with Gasteiger partial charge in [-0.15, -0.1) is 0 Å². The summed E-state index contributed by atoms with van der Waals surface area (Å²) in [5.74, 6) is -0.692. The number of carbonyl (C=O) groups excluding carboxylic acids is 2. The third-order valence-electron chi connectivity index (χ3n) is 2.91. The van der Waals surface area contributed by atoms with Crippen LogP contribution in [0.25, 0.3) is 0 Å². The van der Waals surface area contributed by atoms with Crippen molar-refractivity contribution in [3.63, 3.8) is 0 Å². The van der Waals surface area contributed by atoms with Gasteiger partial charge in [0.15, 0.2) is 0 Å². The predicted octanol–water partition coefficient (Wildman–Crippen LogP) is -0.812. The van der Waals surface area contributed by atoms with Crippen LogP contribution in [0.2, 0.25) is 0 Å². The lowest BCUT2D eigenvalue weighted by atomic mass is 9.77. The summed E-state index contributed by atoms with van der Waals surface area (Å²) in [4.78, 5) is 22.5. The number of rotatable bonds is 4. The fourth-order valence-corrected chi connectivity index (χ4v) is 1.71. The number of nitrogens with one attached hydrogen (secondary N) is 1. The van der Waals surface area contributed by atoms with Crippen LogP contribution in [0.4, 0.5) is 5.69 Å². The molecular formula is C10H15N5O2. The topological polar surface area (TPSA) is 116 Å². The lowest BCUT2D eigenvalue weighted by Gasteiger charge is -2.35. The molecule has 7 heteroatoms. The number of nitrogens with two attached hydrogens (primary N) is 2. The van der Waals surface area contributed by atoms with Crippen LogP contribution in [0.5, 0.6) is 0 Å². The summed E-state index contributed by atoms with van der Waals surface area (Å²) in [5.41, 5.74) is 10.7. The smallest absolute Gasteiger partial charge is 0.244 e. The van der Waals surface area contributed by atoms with Gasteiger partial charge in [0.05, 0.1) is 17.4 Å². The fraction of sp³-hybridized carbons (Fsp3) is 0.500. The van der Waals surface area contributed by atoms with Gasteiger partial charge in [0.25, 0.3) is 0 Å². The maximum Gasteiger partial charge on any atom is 0.244 e. The fourth-order valence-electron chi connectivity index (χ4n) is 1.71. The minimum absolute atomic E-state index is 0.0103. The molecule has 7 nitrogen and oxygen atoms in total. The molecule has 1 aliphatic rings. The number of hydrogen-bond donors (Lipinski definition) is 3. The van der Waals surface area contributed by atoms with E-state index < -0.39 is 11.4 Å². The molecule has 1 aromatic rings. The van der Waals surface area contributed by atoms with Crippen LogP contribution >= 0.6 is 0 Å². The molecule has 1 aliphatic carbocycles. The Morgan fingerprint density at radius 1 is 1.53 bits per heavy atom. The number of hydrogen-bond acceptors (Lipinski definition) is 4. The summed E-state index contributed by atoms with van der Waals surface area (Å²) in [6, 6.07) is 0. The van der Waals surface area contributed by atoms with Crippen LogP contribution in [-0.4, -0.2) is 27.1 Å². The highest BCUT2D eigenvalue weighted by atomic mass is 16.2. The van der Waals surface area contributed by atoms with Gasteiger partial charge in [0, 0.05) is 6.20 Å². The van der Waals surface area contributed by atoms with Crippen molar-refractivity contribution in [1.29, 1.82) is 0 Å². The molecule has 1 saturated carbocycles. The Labute approximate surface area is 98.1 Å². The molecule has 1 heterocycles. The molecular weight excluding hydrogens is 222 g/mol. The predicted molar refractivity (Wildman–Crippen MR) is 60.8 cm³/mol. The summed E-state index contributed by atoms with van der Waals surface area (Å²) < 4.78 is 1.36. The van der Waals surface area contributed by atoms with Gasteiger partial charge in [-0.1, -0.05) is 0 Å². The molecule has 0 spiro atoms. The molecule has 2 amide bonds. The van der Waals surface area contributed by atoms with Gasteiger partial charge in [-0.05, 0) is 19.3 Å². The summed E-state index contributed by atoms with van der Waals surface area (Å²) in [6.45, 7) is -0.0103. The summed E-state index contributed by atoms with van der Waals surface area (Å²) in [7, 11) is 0. The first-order valence-corrected chi connectivity index (χ1v) is 5.41. The Morgan fingerprint density at radius 2 is 2.24 bits per heavy atom. The Kier molecular flexibility index (Phi) is 2.84. The van der Waals surface area contributed by atoms with Crippen LogP contribution in [0.3, 0.4) is 0 Å². The zero-order chi connectivity index (χ0) is 12.5. The van der Waals surface area contributed by atoms with E-state index in [1.54, 1.807) is 6.20 Å². The summed E-state index contributed by atoms with van der Waals surface area (Å²) >= 11 is 0. The quantitative estimate of drug-likeness (QED) is 0.634. The zero-order valence-corrected chi connectivity index (χ0v) is 9.35. The van der Waals surface area contributed by atoms with Gasteiger partial charge in [-0.25, -0.2) is 0 Å². The summed E-state index contributed by atoms with van der Waals surface area (Å²) in [5, 5.41) is 6.57. The standard InChI is InChI=1S/C10H15N5O2/c11-8(16)6-15-5-7(4-13-15)14-9(17)10(12)2-1-3-10/h4-5H,1-3,6,12H2,(H2,11,16)(H,14,17). The van der Waals surface area contributed by atoms with E-state index in [-0.39, 0.29) is 12.5 Å². The van der Waals surface area contributed by atoms with E-state index in [1.807, 2.05) is 0 Å². The molecule has 5 N–H and O–H groups in total. The van der Waals surface area contributed by atoms with E-state index in [2.05, 4.69) is 10.4 Å². The zero-order valence-electron chi connectivity index (χ0n) is 9.35. The maximum absolute atomic E-state index is 11.8. The second-order valence-electron chi connectivity index (χ2n) is 4.36. The third kappa shape index (κ3) is 2.44. The van der Waals surface area contributed by atoms with Gasteiger partial charge < -0.3 is 16.8 Å². The van der Waals surface area contributed by atoms with Crippen LogP contribution < -0.4 is 16.8 Å². The van der Waals surface area contributed by atoms with Crippen LogP contribution in [0.15, 0.2) is 12.4 Å². The van der Waals surface area contributed by atoms with Crippen molar-refractivity contribution in [3.8, 4) is 0 Å². The van der Waals surface area contributed by atoms with Crippen molar-refractivity contribution < 1.29 is 9.59 Å². The maximum atomic E-state index is 11.8. The van der Waals surface area contributed by atoms with Gasteiger partial charge in [0.1, 0.15) is 6.54 Å². The molecule has 17 heavy (non-hydrogen) atoms. The first-order valence-electron chi connectivity index (χ1n) is 5.41. The Bertz CT molecular complexity index is 449. The SMILES string of the molecule is NC(=O)Cn1cc(NC(=O)C2(N)CCC2)cn1. The average Bonchev–Trinajstić information content (AvgIpc) is 2.60. The van der Waals surface area contributed by atoms with E-state index in [0.717, 1.165) is 6.42 Å². The number of amides is 2. The van der Waals surface area contributed by atoms with E-state index in [4.69, 9.17) is 11.5 Å². The Morgan fingerprint density at radius 3 is 2.76 bits per heavy atom. The van der Waals surface area contributed by atoms with Gasteiger partial charge in [-0.3, -0.25) is 14.3 Å². The number of primary amides is 1. The average molecular weight is 237 g/mol. The highest BCUT2D eigenvalue weighted by Gasteiger charge is 2.40. The third-order valence-corrected chi connectivity index (χ3v) is 2.91. The number of anilines is 1. The lowest BCUT2D eigenvalue weighted by molar-refractivity contribution is -0.123. The molecule has 1 aromatic heterocycles. The second-order valence-corrected chi connectivity index (χ2v) is 4.36. The van der Waals surface area contributed by atoms with Gasteiger partial charge >= 0.3 is 0 Å². The molecule has 0 bridgehead atoms. The highest BCUT2D eigenvalue weighted by molar-refractivity contribution is 5.98. The summed E-state index contributed by atoms with van der Waals surface area (Å²) in [6.07, 6.45) is 5.39. The van der Waals surface area contributed by atoms with Crippen molar-refractivity contribution in [1.82, 2.24) is 9.78 Å². The monoisotopic (exact) mass is 237 g/mol. The second kappa shape index (κ2) is 4.17. The van der Waals surface area contributed by atoms with Gasteiger partial charge in [-0.2, -0.15) is 5.10 Å². The van der Waals surface area contributed by atoms with Crippen LogP contribution in [0, 0.1) is 0 Å². The van der Waals surface area contributed by atoms with Crippen molar-refractivity contribution in [2.24, 2.45) is 11.5 Å². The molecule has 0 unspecified atom stereocenters. The first-order chi connectivity index (χ1) is 7.99. The van der Waals surface area contributed by atoms with Crippen molar-refractivity contribution >= 4 is 17.5 Å². The van der Waals surface area contributed by atoms with E-state index in [0.29, 0.717) is 18.5 Å². The largest absolute Gasteiger partial charge is 0.368 e. The Balaban J connectivity index is 1.97. The first kappa shape index (κ1) is 11.6. The normalized spacial score (nSPS) is 17.2. The molecule has 0 aliphatic heterocycles. The highest BCUT2D eigenvalue weighted by Crippen LogP contribution is 2.30. The molecule has 0 radical (unpaired) electrons. The van der Waals surface area contributed by atoms with E-state index >= 15 is 0 Å². The van der Waals surface area contributed by atoms with E-state index in [1.165, 1.54) is 10.9 Å². The minimum Gasteiger partial charge on any atom is -0.368 e. The van der Waals surface area contributed by atoms with Crippen molar-refractivity contribution in [2.45, 2.75) is 31.3 Å². The van der Waals surface area contributed by atoms with Crippen molar-refractivity contribution in [2.75, 3.05) is 5.32 Å². The molecule has 2 rings (SSSR count). The number of carbonyl (C=O) groups is 2. The van der Waals surface area contributed by atoms with E-state index in [9.17, 15) is 9.59 Å². The van der Waals surface area contributed by atoms with Crippen LogP contribution in [-0.2, 0) is 16.1 Å². The molecule has 92 valence electrons. The lowest BCUT2D eigenvalue weighted by Crippen LogP contribution is -2.56. The van der Waals surface area contributed by atoms with Crippen molar-refractivity contribution in [3.05, 3.63) is 12.4 Å². The molecule has 0 aromatic carbocycles. The molecule has 1 fully saturated rings. The van der Waals surface area contributed by atoms with Crippen LogP contribution in [0.1, 0.15) is 19.3 Å². The molecule has 0 atom stereocenters. The minimum atomic E-state index is -0.744.